The van der Waals surface area contributed by atoms with Crippen LogP contribution in [0.15, 0.2) is 6.20 Å². The van der Waals surface area contributed by atoms with Gasteiger partial charge < -0.3 is 5.11 Å². The minimum absolute atomic E-state index is 0.133. The van der Waals surface area contributed by atoms with Crippen molar-refractivity contribution in [1.29, 1.82) is 0 Å². The van der Waals surface area contributed by atoms with Gasteiger partial charge in [0, 0.05) is 6.20 Å². The summed E-state index contributed by atoms with van der Waals surface area (Å²) in [6, 6.07) is 0. The minimum atomic E-state index is -2.99. The van der Waals surface area contributed by atoms with Crippen LogP contribution in [0.3, 0.4) is 0 Å². The molecule has 82 valence electrons. The summed E-state index contributed by atoms with van der Waals surface area (Å²) in [5.41, 5.74) is -1.71. The van der Waals surface area contributed by atoms with Crippen molar-refractivity contribution in [2.24, 2.45) is 0 Å². The molecule has 1 aromatic heterocycles. The number of hydrogen-bond donors (Lipinski definition) is 1. The first-order valence-electron chi connectivity index (χ1n) is 3.69. The smallest absolute Gasteiger partial charge is 0.288 e. The average molecular weight is 330 g/mol. The molecule has 0 saturated carbocycles. The Morgan fingerprint density at radius 2 is 2.27 bits per heavy atom. The van der Waals surface area contributed by atoms with E-state index in [1.807, 2.05) is 0 Å². The van der Waals surface area contributed by atoms with E-state index < -0.39 is 29.2 Å². The zero-order valence-corrected chi connectivity index (χ0v) is 9.31. The summed E-state index contributed by atoms with van der Waals surface area (Å²) in [6.07, 6.45) is -1.97. The number of pyridine rings is 1. The van der Waals surface area contributed by atoms with Gasteiger partial charge in [-0.25, -0.2) is 13.8 Å². The van der Waals surface area contributed by atoms with Gasteiger partial charge in [-0.1, -0.05) is 0 Å². The number of aliphatic hydroxyl groups is 1. The highest BCUT2D eigenvalue weighted by atomic mass is 127. The molecule has 0 radical (unpaired) electrons. The number of nitrogens with zero attached hydrogens (tertiary/aromatic N) is 2. The molecule has 5 nitrogen and oxygen atoms in total. The fourth-order valence-electron chi connectivity index (χ4n) is 1.06. The van der Waals surface area contributed by atoms with Crippen molar-refractivity contribution in [3.05, 3.63) is 31.1 Å². The van der Waals surface area contributed by atoms with Gasteiger partial charge in [-0.05, 0) is 22.6 Å². The molecule has 0 aliphatic heterocycles. The number of aliphatic hydroxyl groups excluding tert-OH is 1. The zero-order valence-electron chi connectivity index (χ0n) is 7.15. The molecule has 8 heteroatoms. The van der Waals surface area contributed by atoms with Gasteiger partial charge in [0.2, 0.25) is 0 Å². The molecule has 0 aliphatic carbocycles. The highest BCUT2D eigenvalue weighted by Gasteiger charge is 2.29. The maximum atomic E-state index is 12.5. The number of nitro groups is 1. The third-order valence-electron chi connectivity index (χ3n) is 1.69. The molecule has 1 aromatic rings. The molecule has 0 unspecified atom stereocenters. The van der Waals surface area contributed by atoms with Crippen LogP contribution in [0.5, 0.6) is 0 Å². The van der Waals surface area contributed by atoms with E-state index in [-0.39, 0.29) is 9.26 Å². The highest BCUT2D eigenvalue weighted by Crippen LogP contribution is 2.34. The topological polar surface area (TPSA) is 76.3 Å². The molecule has 0 amide bonds. The second-order valence-electron chi connectivity index (χ2n) is 2.55. The van der Waals surface area contributed by atoms with Crippen LogP contribution in [-0.2, 0) is 6.61 Å². The summed E-state index contributed by atoms with van der Waals surface area (Å²) in [5, 5.41) is 19.4. The Bertz CT molecular complexity index is 400. The Morgan fingerprint density at radius 3 is 2.67 bits per heavy atom. The Labute approximate surface area is 96.4 Å². The van der Waals surface area contributed by atoms with E-state index in [9.17, 15) is 18.9 Å². The monoisotopic (exact) mass is 330 g/mol. The van der Waals surface area contributed by atoms with Crippen molar-refractivity contribution in [2.75, 3.05) is 0 Å². The first kappa shape index (κ1) is 12.2. The number of alkyl halides is 2. The average Bonchev–Trinajstić information content (AvgIpc) is 2.16. The number of hydrogen-bond acceptors (Lipinski definition) is 4. The summed E-state index contributed by atoms with van der Waals surface area (Å²) in [7, 11) is 0. The maximum Gasteiger partial charge on any atom is 0.288 e. The van der Waals surface area contributed by atoms with Crippen LogP contribution >= 0.6 is 22.6 Å². The molecule has 1 rings (SSSR count). The summed E-state index contributed by atoms with van der Waals surface area (Å²) >= 11 is 1.49. The van der Waals surface area contributed by atoms with Gasteiger partial charge in [0.15, 0.2) is 0 Å². The van der Waals surface area contributed by atoms with Crippen molar-refractivity contribution < 1.29 is 18.8 Å². The second-order valence-corrected chi connectivity index (χ2v) is 3.57. The Morgan fingerprint density at radius 1 is 1.67 bits per heavy atom. The molecule has 0 saturated heterocycles. The lowest BCUT2D eigenvalue weighted by molar-refractivity contribution is -0.387. The van der Waals surface area contributed by atoms with E-state index in [1.54, 1.807) is 0 Å². The largest absolute Gasteiger partial charge is 0.391 e. The number of aromatic nitrogens is 1. The molecule has 0 aliphatic rings. The summed E-state index contributed by atoms with van der Waals surface area (Å²) in [4.78, 5) is 13.2. The Kier molecular flexibility index (Phi) is 3.85. The molecule has 0 aromatic carbocycles. The first-order chi connectivity index (χ1) is 6.99. The van der Waals surface area contributed by atoms with Gasteiger partial charge in [-0.2, -0.15) is 0 Å². The lowest BCUT2D eigenvalue weighted by Gasteiger charge is -2.06. The lowest BCUT2D eigenvalue weighted by Crippen LogP contribution is -2.05. The van der Waals surface area contributed by atoms with E-state index in [0.29, 0.717) is 0 Å². The predicted octanol–water partition coefficient (Wildman–Crippen LogP) is 2.02. The molecule has 1 heterocycles. The fourth-order valence-corrected chi connectivity index (χ4v) is 1.69. The fraction of sp³-hybridized carbons (Fsp3) is 0.286. The van der Waals surface area contributed by atoms with E-state index in [2.05, 4.69) is 4.98 Å². The van der Waals surface area contributed by atoms with Crippen molar-refractivity contribution >= 4 is 28.3 Å². The molecule has 0 fully saturated rings. The van der Waals surface area contributed by atoms with Crippen LogP contribution in [0.25, 0.3) is 0 Å². The van der Waals surface area contributed by atoms with Crippen LogP contribution in [0.1, 0.15) is 17.6 Å². The first-order valence-corrected chi connectivity index (χ1v) is 4.77. The normalized spacial score (nSPS) is 10.7. The van der Waals surface area contributed by atoms with Gasteiger partial charge in [0.1, 0.15) is 9.26 Å². The predicted molar refractivity (Wildman–Crippen MR) is 54.5 cm³/mol. The van der Waals surface area contributed by atoms with Gasteiger partial charge in [-0.3, -0.25) is 10.1 Å². The molecular formula is C7H5F2IN2O3. The third-order valence-corrected chi connectivity index (χ3v) is 2.55. The van der Waals surface area contributed by atoms with Crippen LogP contribution < -0.4 is 0 Å². The van der Waals surface area contributed by atoms with Gasteiger partial charge in [0.25, 0.3) is 12.1 Å². The van der Waals surface area contributed by atoms with E-state index in [1.165, 1.54) is 22.6 Å². The summed E-state index contributed by atoms with van der Waals surface area (Å²) < 4.78 is 24.9. The van der Waals surface area contributed by atoms with E-state index in [4.69, 9.17) is 5.11 Å². The zero-order chi connectivity index (χ0) is 11.6. The molecule has 0 spiro atoms. The van der Waals surface area contributed by atoms with E-state index in [0.717, 1.165) is 6.20 Å². The quantitative estimate of drug-likeness (QED) is 0.398. The van der Waals surface area contributed by atoms with Gasteiger partial charge in [0.05, 0.1) is 17.1 Å². The molecule has 0 bridgehead atoms. The number of halogens is 3. The van der Waals surface area contributed by atoms with Crippen molar-refractivity contribution in [2.45, 2.75) is 13.0 Å². The van der Waals surface area contributed by atoms with Gasteiger partial charge in [-0.15, -0.1) is 0 Å². The SMILES string of the molecule is O=[N+]([O-])c1c(CO)cnc(I)c1C(F)F. The lowest BCUT2D eigenvalue weighted by atomic mass is 10.1. The van der Waals surface area contributed by atoms with Crippen molar-refractivity contribution in [3.8, 4) is 0 Å². The minimum Gasteiger partial charge on any atom is -0.391 e. The Balaban J connectivity index is 3.51. The van der Waals surface area contributed by atoms with Crippen molar-refractivity contribution in [1.82, 2.24) is 4.98 Å². The van der Waals surface area contributed by atoms with Gasteiger partial charge >= 0.3 is 0 Å². The standard InChI is InChI=1S/C7H5F2IN2O3/c8-6(9)4-5(12(14)15)3(2-13)1-11-7(4)10/h1,6,13H,2H2. The maximum absolute atomic E-state index is 12.5. The second kappa shape index (κ2) is 4.75. The molecule has 1 N–H and O–H groups in total. The summed E-state index contributed by atoms with van der Waals surface area (Å²) in [6.45, 7) is -0.694. The van der Waals surface area contributed by atoms with Crippen LogP contribution in [0.4, 0.5) is 14.5 Å². The third kappa shape index (κ3) is 2.37. The molecule has 15 heavy (non-hydrogen) atoms. The van der Waals surface area contributed by atoms with Crippen molar-refractivity contribution in [3.63, 3.8) is 0 Å². The van der Waals surface area contributed by atoms with Crippen LogP contribution in [0.2, 0.25) is 0 Å². The number of rotatable bonds is 3. The summed E-state index contributed by atoms with van der Waals surface area (Å²) in [5.74, 6) is 0. The highest BCUT2D eigenvalue weighted by molar-refractivity contribution is 14.1. The Hall–Kier alpha value is -0.900. The van der Waals surface area contributed by atoms with E-state index >= 15 is 0 Å². The van der Waals surface area contributed by atoms with Crippen LogP contribution in [-0.4, -0.2) is 15.0 Å². The molecular weight excluding hydrogens is 325 g/mol. The van der Waals surface area contributed by atoms with Crippen LogP contribution in [0, 0.1) is 13.8 Å². The molecule has 0 atom stereocenters.